The summed E-state index contributed by atoms with van der Waals surface area (Å²) in [5.41, 5.74) is 9.52. The van der Waals surface area contributed by atoms with Gasteiger partial charge in [-0.15, -0.1) is 21.5 Å². The van der Waals surface area contributed by atoms with Crippen molar-refractivity contribution in [1.82, 2.24) is 10.2 Å². The summed E-state index contributed by atoms with van der Waals surface area (Å²) in [5.74, 6) is -0.516. The second-order valence-electron chi connectivity index (χ2n) is 9.21. The molecule has 0 fully saturated rings. The maximum Gasteiger partial charge on any atom is 0.234 e. The minimum absolute atomic E-state index is 0.0171. The number of benzene rings is 1. The lowest BCUT2D eigenvalue weighted by molar-refractivity contribution is -0.116. The predicted octanol–water partition coefficient (Wildman–Crippen LogP) is 4.90. The van der Waals surface area contributed by atoms with Crippen LogP contribution in [0.5, 0.6) is 0 Å². The number of anilines is 3. The molecule has 1 aliphatic carbocycles. The number of nitrogens with two attached hydrogens (primary N) is 1. The van der Waals surface area contributed by atoms with E-state index in [9.17, 15) is 19.6 Å². The maximum absolute atomic E-state index is 13.2. The summed E-state index contributed by atoms with van der Waals surface area (Å²) in [4.78, 5) is 40.6. The van der Waals surface area contributed by atoms with Crippen molar-refractivity contribution in [2.24, 2.45) is 5.73 Å². The summed E-state index contributed by atoms with van der Waals surface area (Å²) in [6, 6.07) is 13.0. The molecule has 2 aromatic heterocycles. The molecule has 0 radical (unpaired) electrons. The van der Waals surface area contributed by atoms with Crippen LogP contribution in [0.3, 0.4) is 0 Å². The van der Waals surface area contributed by atoms with Gasteiger partial charge in [-0.3, -0.25) is 19.3 Å². The smallest absolute Gasteiger partial charge is 0.234 e. The predicted molar refractivity (Wildman–Crippen MR) is 157 cm³/mol. The van der Waals surface area contributed by atoms with Gasteiger partial charge in [-0.2, -0.15) is 5.26 Å². The molecule has 4 N–H and O–H groups in total. The molecule has 1 atom stereocenters. The first-order valence-corrected chi connectivity index (χ1v) is 15.0. The molecule has 2 aliphatic rings. The van der Waals surface area contributed by atoms with E-state index < -0.39 is 5.92 Å². The van der Waals surface area contributed by atoms with Crippen LogP contribution in [0.1, 0.15) is 41.9 Å². The van der Waals surface area contributed by atoms with E-state index in [0.717, 1.165) is 15.5 Å². The Morgan fingerprint density at radius 1 is 1.12 bits per heavy atom. The number of allylic oxidation sites excluding steroid dienone is 3. The van der Waals surface area contributed by atoms with Crippen LogP contribution in [0.2, 0.25) is 0 Å². The molecular formula is C27H25N7O3S3. The minimum atomic E-state index is -0.486. The number of hydrogen-bond acceptors (Lipinski definition) is 11. The van der Waals surface area contributed by atoms with Gasteiger partial charge in [0.1, 0.15) is 5.82 Å². The largest absolute Gasteiger partial charge is 0.384 e. The maximum atomic E-state index is 13.2. The van der Waals surface area contributed by atoms with Crippen molar-refractivity contribution in [3.8, 4) is 6.07 Å². The van der Waals surface area contributed by atoms with E-state index in [1.807, 2.05) is 19.1 Å². The van der Waals surface area contributed by atoms with Crippen molar-refractivity contribution in [2.75, 3.05) is 21.3 Å². The van der Waals surface area contributed by atoms with Crippen molar-refractivity contribution in [1.29, 1.82) is 5.26 Å². The third-order valence-corrected chi connectivity index (χ3v) is 9.47. The number of Topliss-reactive ketones (excluding diaryl/α,β-unsaturated/α-hetero) is 1. The number of amides is 2. The lowest BCUT2D eigenvalue weighted by Gasteiger charge is -2.37. The number of nitriles is 1. The first kappa shape index (κ1) is 27.6. The van der Waals surface area contributed by atoms with Crippen molar-refractivity contribution in [2.45, 2.75) is 43.4 Å². The average Bonchev–Trinajstić information content (AvgIpc) is 3.57. The van der Waals surface area contributed by atoms with Crippen LogP contribution < -0.4 is 21.3 Å². The van der Waals surface area contributed by atoms with Gasteiger partial charge in [-0.25, -0.2) is 0 Å². The molecule has 3 heterocycles. The zero-order chi connectivity index (χ0) is 28.4. The summed E-state index contributed by atoms with van der Waals surface area (Å²) < 4.78 is 0.553. The molecule has 0 spiro atoms. The summed E-state index contributed by atoms with van der Waals surface area (Å²) in [5, 5.41) is 24.6. The fraction of sp³-hybridized carbons (Fsp3) is 0.259. The van der Waals surface area contributed by atoms with E-state index in [1.165, 1.54) is 30.0 Å². The summed E-state index contributed by atoms with van der Waals surface area (Å²) in [6.45, 7) is 3.42. The SMILES string of the molecule is CC(=O)Nc1ccc(NC(=O)CSc2nnc(N3C(N)=C(C#N)C(c4ccc(C)s4)C4=C3CCCC4=O)s2)cc1. The Balaban J connectivity index is 1.34. The van der Waals surface area contributed by atoms with E-state index in [-0.39, 0.29) is 29.2 Å². The molecule has 1 aromatic carbocycles. The highest BCUT2D eigenvalue weighted by Gasteiger charge is 2.41. The number of carbonyl (C=O) groups is 3. The van der Waals surface area contributed by atoms with Gasteiger partial charge in [0, 0.05) is 45.7 Å². The summed E-state index contributed by atoms with van der Waals surface area (Å²) >= 11 is 4.04. The Morgan fingerprint density at radius 3 is 2.50 bits per heavy atom. The monoisotopic (exact) mass is 591 g/mol. The molecule has 10 nitrogen and oxygen atoms in total. The van der Waals surface area contributed by atoms with Crippen molar-refractivity contribution < 1.29 is 14.4 Å². The molecule has 2 amide bonds. The highest BCUT2D eigenvalue weighted by molar-refractivity contribution is 8.01. The second kappa shape index (κ2) is 11.6. The van der Waals surface area contributed by atoms with Crippen LogP contribution >= 0.6 is 34.4 Å². The van der Waals surface area contributed by atoms with Crippen LogP contribution in [-0.4, -0.2) is 33.5 Å². The number of nitrogens with zero attached hydrogens (tertiary/aromatic N) is 4. The van der Waals surface area contributed by atoms with E-state index in [2.05, 4.69) is 26.9 Å². The van der Waals surface area contributed by atoms with Gasteiger partial charge in [0.25, 0.3) is 0 Å². The van der Waals surface area contributed by atoms with Gasteiger partial charge in [0.15, 0.2) is 10.1 Å². The van der Waals surface area contributed by atoms with Gasteiger partial charge < -0.3 is 16.4 Å². The molecule has 1 unspecified atom stereocenters. The molecule has 204 valence electrons. The number of ketones is 1. The fourth-order valence-electron chi connectivity index (χ4n) is 4.71. The van der Waals surface area contributed by atoms with Gasteiger partial charge in [-0.1, -0.05) is 23.1 Å². The number of nitrogens with one attached hydrogen (secondary N) is 2. The Bertz CT molecular complexity index is 1600. The molecule has 1 aliphatic heterocycles. The molecular weight excluding hydrogens is 567 g/mol. The third kappa shape index (κ3) is 5.65. The van der Waals surface area contributed by atoms with Crippen LogP contribution in [0.25, 0.3) is 0 Å². The number of thioether (sulfide) groups is 1. The fourth-order valence-corrected chi connectivity index (χ4v) is 7.39. The Kier molecular flexibility index (Phi) is 8.02. The average molecular weight is 592 g/mol. The van der Waals surface area contributed by atoms with Gasteiger partial charge in [-0.05, 0) is 56.2 Å². The lowest BCUT2D eigenvalue weighted by Crippen LogP contribution is -2.38. The number of rotatable bonds is 7. The zero-order valence-electron chi connectivity index (χ0n) is 21.7. The molecule has 5 rings (SSSR count). The summed E-state index contributed by atoms with van der Waals surface area (Å²) in [7, 11) is 0. The van der Waals surface area contributed by atoms with Gasteiger partial charge >= 0.3 is 0 Å². The molecule has 0 bridgehead atoms. The topological polar surface area (TPSA) is 154 Å². The second-order valence-corrected chi connectivity index (χ2v) is 12.7. The highest BCUT2D eigenvalue weighted by atomic mass is 32.2. The number of aromatic nitrogens is 2. The Labute approximate surface area is 243 Å². The van der Waals surface area contributed by atoms with Gasteiger partial charge in [0.05, 0.1) is 23.3 Å². The molecule has 0 saturated heterocycles. The van der Waals surface area contributed by atoms with Crippen molar-refractivity contribution >= 4 is 68.5 Å². The lowest BCUT2D eigenvalue weighted by atomic mass is 9.78. The van der Waals surface area contributed by atoms with E-state index in [4.69, 9.17) is 5.73 Å². The van der Waals surface area contributed by atoms with Crippen LogP contribution in [-0.2, 0) is 14.4 Å². The van der Waals surface area contributed by atoms with Crippen LogP contribution in [0.15, 0.2) is 63.4 Å². The molecule has 40 heavy (non-hydrogen) atoms. The number of hydrogen-bond donors (Lipinski definition) is 3. The number of thiophene rings is 1. The number of carbonyl (C=O) groups excluding carboxylic acids is 3. The van der Waals surface area contributed by atoms with Crippen LogP contribution in [0.4, 0.5) is 16.5 Å². The van der Waals surface area contributed by atoms with Crippen molar-refractivity contribution in [3.63, 3.8) is 0 Å². The van der Waals surface area contributed by atoms with E-state index >= 15 is 0 Å². The normalized spacial score (nSPS) is 17.0. The zero-order valence-corrected chi connectivity index (χ0v) is 24.1. The van der Waals surface area contributed by atoms with Crippen molar-refractivity contribution in [3.05, 3.63) is 68.8 Å². The molecule has 13 heteroatoms. The first-order valence-electron chi connectivity index (χ1n) is 12.4. The summed E-state index contributed by atoms with van der Waals surface area (Å²) in [6.07, 6.45) is 1.74. The molecule has 3 aromatic rings. The third-order valence-electron chi connectivity index (χ3n) is 6.36. The van der Waals surface area contributed by atoms with E-state index in [1.54, 1.807) is 40.5 Å². The minimum Gasteiger partial charge on any atom is -0.384 e. The van der Waals surface area contributed by atoms with Gasteiger partial charge in [0.2, 0.25) is 16.9 Å². The Hall–Kier alpha value is -3.99. The number of aryl methyl sites for hydroxylation is 1. The standard InChI is InChI=1S/C27H25N7O3S3/c1-14-6-11-21(39-14)23-18(12-28)25(29)34(19-4-3-5-20(36)24(19)23)26-32-33-27(40-26)38-13-22(37)31-17-9-7-16(8-10-17)30-15(2)35/h6-11,23H,3-5,13,29H2,1-2H3,(H,30,35)(H,31,37). The quantitative estimate of drug-likeness (QED) is 0.325. The van der Waals surface area contributed by atoms with Crippen LogP contribution in [0, 0.1) is 18.3 Å². The highest BCUT2D eigenvalue weighted by Crippen LogP contribution is 2.48. The Morgan fingerprint density at radius 2 is 1.85 bits per heavy atom. The van der Waals surface area contributed by atoms with E-state index in [0.29, 0.717) is 51.3 Å². The first-order chi connectivity index (χ1) is 19.2. The molecule has 0 saturated carbocycles.